The van der Waals surface area contributed by atoms with Crippen LogP contribution < -0.4 is 9.64 Å². The van der Waals surface area contributed by atoms with Gasteiger partial charge < -0.3 is 19.1 Å². The summed E-state index contributed by atoms with van der Waals surface area (Å²) in [6, 6.07) is 5.70. The summed E-state index contributed by atoms with van der Waals surface area (Å²) in [6.45, 7) is 11.9. The van der Waals surface area contributed by atoms with Crippen LogP contribution in [0.5, 0.6) is 5.75 Å². The highest BCUT2D eigenvalue weighted by Gasteiger charge is 2.53. The molecule has 1 atom stereocenters. The molecule has 0 aliphatic carbocycles. The van der Waals surface area contributed by atoms with Gasteiger partial charge in [-0.1, -0.05) is 23.5 Å². The van der Waals surface area contributed by atoms with Gasteiger partial charge in [-0.05, 0) is 64.3 Å². The van der Waals surface area contributed by atoms with Gasteiger partial charge in [0, 0.05) is 23.0 Å². The largest absolute Gasteiger partial charge is 0.494 e. The zero-order valence-corrected chi connectivity index (χ0v) is 23.6. The SMILES string of the molecule is CCOC(=O)C1=CC2(SC=C(C(=O)OCC)S2)C2=C(S1)C(C)(C)N(C(C)=O)c1ccc(OCC)cc12. The van der Waals surface area contributed by atoms with E-state index in [1.165, 1.54) is 35.3 Å². The molecule has 3 aliphatic rings. The fourth-order valence-corrected chi connectivity index (χ4v) is 8.97. The van der Waals surface area contributed by atoms with Gasteiger partial charge in [-0.2, -0.15) is 0 Å². The molecule has 7 nitrogen and oxygen atoms in total. The van der Waals surface area contributed by atoms with E-state index in [1.807, 2.05) is 45.0 Å². The van der Waals surface area contributed by atoms with Crippen LogP contribution in [0.1, 0.15) is 47.1 Å². The lowest BCUT2D eigenvalue weighted by Crippen LogP contribution is -2.52. The Morgan fingerprint density at radius 2 is 1.64 bits per heavy atom. The first-order chi connectivity index (χ1) is 17.1. The van der Waals surface area contributed by atoms with Crippen LogP contribution in [-0.2, 0) is 23.9 Å². The molecule has 0 radical (unpaired) electrons. The Morgan fingerprint density at radius 1 is 0.972 bits per heavy atom. The fourth-order valence-electron chi connectivity index (χ4n) is 4.59. The number of carbonyl (C=O) groups excluding carboxylic acids is 3. The number of benzene rings is 1. The minimum absolute atomic E-state index is 0.115. The number of fused-ring (bicyclic) bond motifs is 3. The number of amides is 1. The summed E-state index contributed by atoms with van der Waals surface area (Å²) in [5.74, 6) is -0.269. The topological polar surface area (TPSA) is 82.1 Å². The molecule has 0 aromatic heterocycles. The Bertz CT molecular complexity index is 1220. The van der Waals surface area contributed by atoms with Crippen LogP contribution >= 0.6 is 35.3 Å². The van der Waals surface area contributed by atoms with E-state index >= 15 is 0 Å². The van der Waals surface area contributed by atoms with E-state index in [-0.39, 0.29) is 19.1 Å². The van der Waals surface area contributed by atoms with Crippen molar-refractivity contribution in [2.75, 3.05) is 24.7 Å². The van der Waals surface area contributed by atoms with Crippen molar-refractivity contribution in [2.45, 2.75) is 51.2 Å². The van der Waals surface area contributed by atoms with E-state index in [0.717, 1.165) is 21.7 Å². The molecule has 1 aromatic carbocycles. The summed E-state index contributed by atoms with van der Waals surface area (Å²) in [7, 11) is 0. The quantitative estimate of drug-likeness (QED) is 0.416. The Morgan fingerprint density at radius 3 is 2.25 bits per heavy atom. The highest BCUT2D eigenvalue weighted by atomic mass is 32.2. The van der Waals surface area contributed by atoms with Crippen LogP contribution in [-0.4, -0.2) is 47.3 Å². The molecule has 4 rings (SSSR count). The smallest absolute Gasteiger partial charge is 0.345 e. The third-order valence-electron chi connectivity index (χ3n) is 5.88. The summed E-state index contributed by atoms with van der Waals surface area (Å²) in [4.78, 5) is 42.1. The Kier molecular flexibility index (Phi) is 7.60. The Labute approximate surface area is 224 Å². The van der Waals surface area contributed by atoms with Crippen LogP contribution in [0.15, 0.2) is 44.4 Å². The highest BCUT2D eigenvalue weighted by Crippen LogP contribution is 2.66. The van der Waals surface area contributed by atoms with Gasteiger partial charge in [-0.15, -0.1) is 11.8 Å². The average Bonchev–Trinajstić information content (AvgIpc) is 3.23. The van der Waals surface area contributed by atoms with Crippen molar-refractivity contribution >= 4 is 64.4 Å². The monoisotopic (exact) mass is 547 g/mol. The summed E-state index contributed by atoms with van der Waals surface area (Å²) in [6.07, 6.45) is 1.88. The molecule has 3 heterocycles. The number of esters is 2. The van der Waals surface area contributed by atoms with E-state index in [0.29, 0.717) is 22.2 Å². The second kappa shape index (κ2) is 10.2. The van der Waals surface area contributed by atoms with Crippen molar-refractivity contribution in [3.8, 4) is 5.75 Å². The summed E-state index contributed by atoms with van der Waals surface area (Å²) in [5, 5.41) is 1.79. The van der Waals surface area contributed by atoms with Crippen molar-refractivity contribution < 1.29 is 28.6 Å². The molecule has 192 valence electrons. The molecule has 10 heteroatoms. The highest BCUT2D eigenvalue weighted by molar-refractivity contribution is 8.25. The van der Waals surface area contributed by atoms with Gasteiger partial charge in [0.05, 0.1) is 36.0 Å². The van der Waals surface area contributed by atoms with Crippen LogP contribution in [0.25, 0.3) is 5.57 Å². The first-order valence-electron chi connectivity index (χ1n) is 11.7. The molecule has 0 N–H and O–H groups in total. The molecule has 1 unspecified atom stereocenters. The van der Waals surface area contributed by atoms with Gasteiger partial charge in [0.2, 0.25) is 5.91 Å². The van der Waals surface area contributed by atoms with E-state index in [4.69, 9.17) is 14.2 Å². The lowest BCUT2D eigenvalue weighted by atomic mass is 9.85. The third kappa shape index (κ3) is 4.48. The first-order valence-corrected chi connectivity index (χ1v) is 14.3. The van der Waals surface area contributed by atoms with Crippen molar-refractivity contribution in [3.63, 3.8) is 0 Å². The predicted octanol–water partition coefficient (Wildman–Crippen LogP) is 5.72. The van der Waals surface area contributed by atoms with Gasteiger partial charge in [0.25, 0.3) is 0 Å². The van der Waals surface area contributed by atoms with Crippen molar-refractivity contribution in [2.24, 2.45) is 0 Å². The summed E-state index contributed by atoms with van der Waals surface area (Å²) < 4.78 is 15.6. The average molecular weight is 548 g/mol. The second-order valence-corrected chi connectivity index (χ2v) is 12.4. The van der Waals surface area contributed by atoms with Gasteiger partial charge in [-0.3, -0.25) is 4.79 Å². The minimum Gasteiger partial charge on any atom is -0.494 e. The second-order valence-electron chi connectivity index (χ2n) is 8.65. The van der Waals surface area contributed by atoms with Crippen molar-refractivity contribution in [3.05, 3.63) is 50.0 Å². The van der Waals surface area contributed by atoms with Gasteiger partial charge in [0.15, 0.2) is 0 Å². The van der Waals surface area contributed by atoms with Crippen LogP contribution in [0.3, 0.4) is 0 Å². The normalized spacial score (nSPS) is 21.9. The van der Waals surface area contributed by atoms with Gasteiger partial charge >= 0.3 is 11.9 Å². The van der Waals surface area contributed by atoms with Crippen molar-refractivity contribution in [1.82, 2.24) is 0 Å². The number of rotatable bonds is 6. The standard InChI is InChI=1S/C26H29NO6S3/c1-7-31-16-10-11-18-17(12-16)21-22(25(5,6)27(18)15(4)28)35-19(23(29)32-8-2)13-26(21)34-14-20(36-26)24(30)33-9-3/h10-14H,7-9H2,1-6H3. The van der Waals surface area contributed by atoms with Crippen LogP contribution in [0.4, 0.5) is 5.69 Å². The predicted molar refractivity (Wildman–Crippen MR) is 147 cm³/mol. The molecule has 1 aromatic rings. The maximum Gasteiger partial charge on any atom is 0.345 e. The Balaban J connectivity index is 1.96. The van der Waals surface area contributed by atoms with E-state index < -0.39 is 21.6 Å². The van der Waals surface area contributed by atoms with E-state index in [1.54, 1.807) is 31.1 Å². The maximum atomic E-state index is 13.0. The number of hydrogen-bond donors (Lipinski definition) is 0. The molecular formula is C26H29NO6S3. The molecule has 1 spiro atoms. The molecule has 0 fully saturated rings. The van der Waals surface area contributed by atoms with E-state index in [2.05, 4.69) is 0 Å². The number of nitrogens with zero attached hydrogens (tertiary/aromatic N) is 1. The molecule has 3 aliphatic heterocycles. The lowest BCUT2D eigenvalue weighted by molar-refractivity contribution is -0.138. The fraction of sp³-hybridized carbons (Fsp3) is 0.423. The maximum absolute atomic E-state index is 13.0. The zero-order chi connectivity index (χ0) is 26.3. The molecule has 1 amide bonds. The van der Waals surface area contributed by atoms with Crippen LogP contribution in [0.2, 0.25) is 0 Å². The number of ether oxygens (including phenoxy) is 3. The lowest BCUT2D eigenvalue weighted by Gasteiger charge is -2.49. The van der Waals surface area contributed by atoms with Crippen LogP contribution in [0, 0.1) is 0 Å². The molecular weight excluding hydrogens is 518 g/mol. The van der Waals surface area contributed by atoms with Gasteiger partial charge in [-0.25, -0.2) is 9.59 Å². The Hall–Kier alpha value is -2.30. The third-order valence-corrected chi connectivity index (χ3v) is 10.1. The number of thioether (sulfide) groups is 3. The number of carbonyl (C=O) groups is 3. The van der Waals surface area contributed by atoms with Crippen molar-refractivity contribution in [1.29, 1.82) is 0 Å². The molecule has 36 heavy (non-hydrogen) atoms. The number of anilines is 1. The van der Waals surface area contributed by atoms with Gasteiger partial charge in [0.1, 0.15) is 14.7 Å². The minimum atomic E-state index is -0.829. The molecule has 0 bridgehead atoms. The summed E-state index contributed by atoms with van der Waals surface area (Å²) >= 11 is 4.12. The first kappa shape index (κ1) is 26.8. The molecule has 0 saturated carbocycles. The zero-order valence-electron chi connectivity index (χ0n) is 21.1. The molecule has 0 saturated heterocycles. The van der Waals surface area contributed by atoms with E-state index in [9.17, 15) is 14.4 Å². The summed E-state index contributed by atoms with van der Waals surface area (Å²) in [5.41, 5.74) is 1.76. The number of hydrogen-bond acceptors (Lipinski definition) is 9.